The first-order valence-corrected chi connectivity index (χ1v) is 7.85. The number of amides is 2. The van der Waals surface area contributed by atoms with Crippen molar-refractivity contribution >= 4 is 22.0 Å². The number of carbonyl (C=O) groups excluding carboxylic acids is 1. The second kappa shape index (κ2) is 7.53. The SMILES string of the molecule is COc1ccc(Br)cc1CCNC(=O)NC1CCCC1. The molecule has 1 fully saturated rings. The number of carbonyl (C=O) groups is 1. The van der Waals surface area contributed by atoms with Gasteiger partial charge in [0, 0.05) is 17.1 Å². The number of ether oxygens (including phenoxy) is 1. The second-order valence-corrected chi connectivity index (χ2v) is 6.00. The average Bonchev–Trinajstić information content (AvgIpc) is 2.92. The maximum Gasteiger partial charge on any atom is 0.315 e. The van der Waals surface area contributed by atoms with Gasteiger partial charge in [0.25, 0.3) is 0 Å². The molecule has 20 heavy (non-hydrogen) atoms. The summed E-state index contributed by atoms with van der Waals surface area (Å²) in [4.78, 5) is 11.7. The van der Waals surface area contributed by atoms with E-state index in [0.717, 1.165) is 35.0 Å². The predicted octanol–water partition coefficient (Wildman–Crippen LogP) is 3.24. The minimum atomic E-state index is -0.0640. The van der Waals surface area contributed by atoms with E-state index >= 15 is 0 Å². The van der Waals surface area contributed by atoms with Crippen LogP contribution in [0.25, 0.3) is 0 Å². The standard InChI is InChI=1S/C15H21BrN2O2/c1-20-14-7-6-12(16)10-11(14)8-9-17-15(19)18-13-4-2-3-5-13/h6-7,10,13H,2-5,8-9H2,1H3,(H2,17,18,19). The fourth-order valence-corrected chi connectivity index (χ4v) is 2.97. The minimum absolute atomic E-state index is 0.0640. The molecule has 0 saturated heterocycles. The molecule has 1 aliphatic carbocycles. The van der Waals surface area contributed by atoms with E-state index in [4.69, 9.17) is 4.74 Å². The van der Waals surface area contributed by atoms with Gasteiger partial charge in [-0.3, -0.25) is 0 Å². The molecular formula is C15H21BrN2O2. The lowest BCUT2D eigenvalue weighted by Crippen LogP contribution is -2.41. The van der Waals surface area contributed by atoms with Crippen molar-refractivity contribution < 1.29 is 9.53 Å². The molecule has 110 valence electrons. The summed E-state index contributed by atoms with van der Waals surface area (Å²) < 4.78 is 6.33. The van der Waals surface area contributed by atoms with Crippen molar-refractivity contribution in [1.82, 2.24) is 10.6 Å². The normalized spacial score (nSPS) is 15.1. The number of rotatable bonds is 5. The van der Waals surface area contributed by atoms with E-state index in [-0.39, 0.29) is 6.03 Å². The monoisotopic (exact) mass is 340 g/mol. The van der Waals surface area contributed by atoms with Gasteiger partial charge in [-0.25, -0.2) is 4.79 Å². The van der Waals surface area contributed by atoms with E-state index in [0.29, 0.717) is 12.6 Å². The van der Waals surface area contributed by atoms with Gasteiger partial charge in [0.05, 0.1) is 7.11 Å². The molecule has 1 aromatic rings. The molecule has 4 nitrogen and oxygen atoms in total. The van der Waals surface area contributed by atoms with Crippen LogP contribution in [0.1, 0.15) is 31.2 Å². The molecule has 2 rings (SSSR count). The van der Waals surface area contributed by atoms with Crippen LogP contribution in [0.3, 0.4) is 0 Å². The van der Waals surface area contributed by atoms with Gasteiger partial charge < -0.3 is 15.4 Å². The van der Waals surface area contributed by atoms with Crippen LogP contribution in [0.2, 0.25) is 0 Å². The highest BCUT2D eigenvalue weighted by Crippen LogP contribution is 2.23. The zero-order chi connectivity index (χ0) is 14.4. The molecule has 0 atom stereocenters. The fraction of sp³-hybridized carbons (Fsp3) is 0.533. The summed E-state index contributed by atoms with van der Waals surface area (Å²) in [6, 6.07) is 6.19. The molecule has 0 bridgehead atoms. The Labute approximate surface area is 128 Å². The highest BCUT2D eigenvalue weighted by molar-refractivity contribution is 9.10. The van der Waals surface area contributed by atoms with Crippen molar-refractivity contribution in [3.63, 3.8) is 0 Å². The quantitative estimate of drug-likeness (QED) is 0.864. The molecule has 0 aliphatic heterocycles. The summed E-state index contributed by atoms with van der Waals surface area (Å²) in [5.41, 5.74) is 1.09. The van der Waals surface area contributed by atoms with Crippen molar-refractivity contribution in [2.75, 3.05) is 13.7 Å². The van der Waals surface area contributed by atoms with Crippen LogP contribution in [-0.2, 0) is 6.42 Å². The highest BCUT2D eigenvalue weighted by atomic mass is 79.9. The molecule has 1 aromatic carbocycles. The Morgan fingerprint density at radius 2 is 2.15 bits per heavy atom. The Morgan fingerprint density at radius 3 is 2.85 bits per heavy atom. The predicted molar refractivity (Wildman–Crippen MR) is 83.2 cm³/mol. The topological polar surface area (TPSA) is 50.4 Å². The smallest absolute Gasteiger partial charge is 0.315 e. The number of halogens is 1. The largest absolute Gasteiger partial charge is 0.496 e. The third kappa shape index (κ3) is 4.40. The van der Waals surface area contributed by atoms with Crippen molar-refractivity contribution in [3.05, 3.63) is 28.2 Å². The van der Waals surface area contributed by atoms with E-state index in [1.165, 1.54) is 12.8 Å². The molecule has 0 unspecified atom stereocenters. The number of nitrogens with one attached hydrogen (secondary N) is 2. The molecular weight excluding hydrogens is 320 g/mol. The van der Waals surface area contributed by atoms with Crippen LogP contribution in [0.5, 0.6) is 5.75 Å². The van der Waals surface area contributed by atoms with Gasteiger partial charge in [-0.05, 0) is 43.0 Å². The molecule has 0 heterocycles. The zero-order valence-electron chi connectivity index (χ0n) is 11.7. The van der Waals surface area contributed by atoms with Crippen LogP contribution in [0.4, 0.5) is 4.79 Å². The summed E-state index contributed by atoms with van der Waals surface area (Å²) in [6.07, 6.45) is 5.40. The Bertz CT molecular complexity index is 459. The number of urea groups is 1. The van der Waals surface area contributed by atoms with Gasteiger partial charge in [0.2, 0.25) is 0 Å². The van der Waals surface area contributed by atoms with Crippen molar-refractivity contribution in [3.8, 4) is 5.75 Å². The molecule has 5 heteroatoms. The lowest BCUT2D eigenvalue weighted by molar-refractivity contribution is 0.237. The summed E-state index contributed by atoms with van der Waals surface area (Å²) in [5.74, 6) is 0.853. The van der Waals surface area contributed by atoms with E-state index < -0.39 is 0 Å². The maximum atomic E-state index is 11.7. The van der Waals surface area contributed by atoms with E-state index in [9.17, 15) is 4.79 Å². The number of hydrogen-bond acceptors (Lipinski definition) is 2. The molecule has 0 spiro atoms. The van der Waals surface area contributed by atoms with Gasteiger partial charge in [-0.2, -0.15) is 0 Å². The number of methoxy groups -OCH3 is 1. The van der Waals surface area contributed by atoms with Crippen molar-refractivity contribution in [1.29, 1.82) is 0 Å². The Balaban J connectivity index is 1.77. The van der Waals surface area contributed by atoms with Crippen LogP contribution in [-0.4, -0.2) is 25.7 Å². The summed E-state index contributed by atoms with van der Waals surface area (Å²) in [7, 11) is 1.66. The third-order valence-electron chi connectivity index (χ3n) is 3.61. The molecule has 2 N–H and O–H groups in total. The van der Waals surface area contributed by atoms with Crippen LogP contribution < -0.4 is 15.4 Å². The van der Waals surface area contributed by atoms with Gasteiger partial charge >= 0.3 is 6.03 Å². The molecule has 0 radical (unpaired) electrons. The first-order valence-electron chi connectivity index (χ1n) is 7.06. The summed E-state index contributed by atoms with van der Waals surface area (Å²) >= 11 is 3.45. The Hall–Kier alpha value is -1.23. The molecule has 2 amide bonds. The van der Waals surface area contributed by atoms with Gasteiger partial charge in [-0.1, -0.05) is 28.8 Å². The third-order valence-corrected chi connectivity index (χ3v) is 4.11. The summed E-state index contributed by atoms with van der Waals surface area (Å²) in [6.45, 7) is 0.603. The van der Waals surface area contributed by atoms with Gasteiger partial charge in [0.1, 0.15) is 5.75 Å². The Morgan fingerprint density at radius 1 is 1.40 bits per heavy atom. The fourth-order valence-electron chi connectivity index (χ4n) is 2.56. The number of hydrogen-bond donors (Lipinski definition) is 2. The van der Waals surface area contributed by atoms with Gasteiger partial charge in [0.15, 0.2) is 0 Å². The first kappa shape index (κ1) is 15.2. The summed E-state index contributed by atoms with van der Waals surface area (Å²) in [5, 5.41) is 5.92. The van der Waals surface area contributed by atoms with Crippen molar-refractivity contribution in [2.45, 2.75) is 38.1 Å². The van der Waals surface area contributed by atoms with E-state index in [1.807, 2.05) is 18.2 Å². The number of benzene rings is 1. The molecule has 0 aromatic heterocycles. The maximum absolute atomic E-state index is 11.7. The highest BCUT2D eigenvalue weighted by Gasteiger charge is 2.16. The first-order chi connectivity index (χ1) is 9.69. The van der Waals surface area contributed by atoms with E-state index in [1.54, 1.807) is 7.11 Å². The van der Waals surface area contributed by atoms with Crippen LogP contribution >= 0.6 is 15.9 Å². The van der Waals surface area contributed by atoms with Crippen LogP contribution in [0.15, 0.2) is 22.7 Å². The molecule has 1 saturated carbocycles. The average molecular weight is 341 g/mol. The van der Waals surface area contributed by atoms with E-state index in [2.05, 4.69) is 26.6 Å². The zero-order valence-corrected chi connectivity index (χ0v) is 13.3. The molecule has 1 aliphatic rings. The Kier molecular flexibility index (Phi) is 5.71. The minimum Gasteiger partial charge on any atom is -0.496 e. The second-order valence-electron chi connectivity index (χ2n) is 5.09. The van der Waals surface area contributed by atoms with Crippen molar-refractivity contribution in [2.24, 2.45) is 0 Å². The lowest BCUT2D eigenvalue weighted by Gasteiger charge is -2.13. The lowest BCUT2D eigenvalue weighted by atomic mass is 10.1. The van der Waals surface area contributed by atoms with Crippen LogP contribution in [0, 0.1) is 0 Å². The van der Waals surface area contributed by atoms with Gasteiger partial charge in [-0.15, -0.1) is 0 Å².